The molecule has 0 saturated carbocycles. The largest absolute Gasteiger partial charge is 0.324 e. The molecule has 1 rings (SSSR count). The Morgan fingerprint density at radius 2 is 1.87 bits per heavy atom. The van der Waals surface area contributed by atoms with Crippen LogP contribution in [0.25, 0.3) is 0 Å². The summed E-state index contributed by atoms with van der Waals surface area (Å²) >= 11 is 11.8. The highest BCUT2D eigenvalue weighted by molar-refractivity contribution is 6.34. The average Bonchev–Trinajstić information content (AvgIpc) is 2.16. The molecule has 0 heterocycles. The number of rotatable bonds is 4. The van der Waals surface area contributed by atoms with Gasteiger partial charge in [0.25, 0.3) is 0 Å². The van der Waals surface area contributed by atoms with Crippen molar-refractivity contribution in [3.8, 4) is 0 Å². The van der Waals surface area contributed by atoms with Crippen LogP contribution >= 0.6 is 23.2 Å². The molecule has 0 bridgehead atoms. The Labute approximate surface area is 101 Å². The quantitative estimate of drug-likeness (QED) is 0.783. The summed E-state index contributed by atoms with van der Waals surface area (Å²) < 4.78 is 0. The lowest BCUT2D eigenvalue weighted by molar-refractivity contribution is 0.701. The third-order valence-corrected chi connectivity index (χ3v) is 2.76. The van der Waals surface area contributed by atoms with Gasteiger partial charge in [-0.05, 0) is 36.6 Å². The van der Waals surface area contributed by atoms with Crippen molar-refractivity contribution in [3.05, 3.63) is 46.0 Å². The van der Waals surface area contributed by atoms with Gasteiger partial charge in [0.15, 0.2) is 0 Å². The molecule has 0 fully saturated rings. The number of nitrogens with two attached hydrogens (primary N) is 1. The summed E-state index contributed by atoms with van der Waals surface area (Å²) in [6, 6.07) is 5.32. The molecular weight excluding hydrogens is 229 g/mol. The monoisotopic (exact) mass is 243 g/mol. The molecule has 1 atom stereocenters. The maximum absolute atomic E-state index is 6.03. The van der Waals surface area contributed by atoms with Gasteiger partial charge in [-0.3, -0.25) is 0 Å². The third kappa shape index (κ3) is 3.86. The van der Waals surface area contributed by atoms with E-state index in [2.05, 4.69) is 13.5 Å². The van der Waals surface area contributed by atoms with Gasteiger partial charge in [0.1, 0.15) is 0 Å². The standard InChI is InChI=1S/C12H15Cl2N/c1-3-8(2)4-12(15)9-5-10(13)7-11(14)6-9/h5-7,12H,2-4,15H2,1H3. The average molecular weight is 244 g/mol. The fourth-order valence-corrected chi connectivity index (χ4v) is 1.91. The van der Waals surface area contributed by atoms with Crippen LogP contribution in [0, 0.1) is 0 Å². The highest BCUT2D eigenvalue weighted by atomic mass is 35.5. The Bertz CT molecular complexity index is 340. The second-order valence-electron chi connectivity index (χ2n) is 3.62. The van der Waals surface area contributed by atoms with Gasteiger partial charge in [-0.15, -0.1) is 0 Å². The second kappa shape index (κ2) is 5.55. The van der Waals surface area contributed by atoms with Gasteiger partial charge in [0.05, 0.1) is 0 Å². The van der Waals surface area contributed by atoms with Crippen molar-refractivity contribution in [1.29, 1.82) is 0 Å². The van der Waals surface area contributed by atoms with Gasteiger partial charge >= 0.3 is 0 Å². The molecule has 3 heteroatoms. The molecule has 1 aromatic rings. The first-order valence-electron chi connectivity index (χ1n) is 4.91. The zero-order chi connectivity index (χ0) is 11.4. The molecular formula is C12H15Cl2N. The molecule has 1 nitrogen and oxygen atoms in total. The number of halogens is 2. The zero-order valence-corrected chi connectivity index (χ0v) is 10.3. The van der Waals surface area contributed by atoms with Crippen LogP contribution < -0.4 is 5.73 Å². The van der Waals surface area contributed by atoms with Crippen LogP contribution in [0.3, 0.4) is 0 Å². The van der Waals surface area contributed by atoms with Gasteiger partial charge in [0.2, 0.25) is 0 Å². The van der Waals surface area contributed by atoms with Crippen molar-refractivity contribution in [1.82, 2.24) is 0 Å². The van der Waals surface area contributed by atoms with Gasteiger partial charge in [-0.25, -0.2) is 0 Å². The summed E-state index contributed by atoms with van der Waals surface area (Å²) in [7, 11) is 0. The minimum absolute atomic E-state index is 0.0753. The van der Waals surface area contributed by atoms with Crippen molar-refractivity contribution in [2.45, 2.75) is 25.8 Å². The first-order valence-corrected chi connectivity index (χ1v) is 5.66. The molecule has 15 heavy (non-hydrogen) atoms. The zero-order valence-electron chi connectivity index (χ0n) is 8.76. The first kappa shape index (κ1) is 12.6. The number of hydrogen-bond donors (Lipinski definition) is 1. The lowest BCUT2D eigenvalue weighted by Gasteiger charge is -2.13. The molecule has 0 aromatic heterocycles. The molecule has 0 aliphatic rings. The first-order chi connectivity index (χ1) is 7.02. The fraction of sp³-hybridized carbons (Fsp3) is 0.333. The minimum Gasteiger partial charge on any atom is -0.324 e. The lowest BCUT2D eigenvalue weighted by atomic mass is 9.99. The van der Waals surface area contributed by atoms with Crippen LogP contribution in [-0.4, -0.2) is 0 Å². The van der Waals surface area contributed by atoms with Crippen molar-refractivity contribution >= 4 is 23.2 Å². The summed E-state index contributed by atoms with van der Waals surface area (Å²) in [6.45, 7) is 6.01. The van der Waals surface area contributed by atoms with Crippen LogP contribution in [-0.2, 0) is 0 Å². The third-order valence-electron chi connectivity index (χ3n) is 2.32. The fourth-order valence-electron chi connectivity index (χ4n) is 1.36. The second-order valence-corrected chi connectivity index (χ2v) is 4.49. The van der Waals surface area contributed by atoms with Crippen molar-refractivity contribution in [2.24, 2.45) is 5.73 Å². The van der Waals surface area contributed by atoms with E-state index in [1.165, 1.54) is 0 Å². The van der Waals surface area contributed by atoms with Crippen LogP contribution in [0.4, 0.5) is 0 Å². The molecule has 0 spiro atoms. The highest BCUT2D eigenvalue weighted by Gasteiger charge is 2.08. The Kier molecular flexibility index (Phi) is 4.65. The van der Waals surface area contributed by atoms with Crippen molar-refractivity contribution in [3.63, 3.8) is 0 Å². The molecule has 1 aromatic carbocycles. The van der Waals surface area contributed by atoms with E-state index in [9.17, 15) is 0 Å². The molecule has 0 radical (unpaired) electrons. The Balaban J connectivity index is 2.81. The Hall–Kier alpha value is -0.500. The summed E-state index contributed by atoms with van der Waals surface area (Å²) in [4.78, 5) is 0. The van der Waals surface area contributed by atoms with E-state index in [1.807, 2.05) is 12.1 Å². The highest BCUT2D eigenvalue weighted by Crippen LogP contribution is 2.25. The topological polar surface area (TPSA) is 26.0 Å². The van der Waals surface area contributed by atoms with Crippen LogP contribution in [0.1, 0.15) is 31.4 Å². The van der Waals surface area contributed by atoms with E-state index in [1.54, 1.807) is 6.07 Å². The lowest BCUT2D eigenvalue weighted by Crippen LogP contribution is -2.10. The van der Waals surface area contributed by atoms with Crippen LogP contribution in [0.15, 0.2) is 30.4 Å². The molecule has 0 aliphatic heterocycles. The molecule has 1 unspecified atom stereocenters. The molecule has 0 saturated heterocycles. The Morgan fingerprint density at radius 3 is 2.33 bits per heavy atom. The molecule has 82 valence electrons. The van der Waals surface area contributed by atoms with Crippen LogP contribution in [0.2, 0.25) is 10.0 Å². The SMILES string of the molecule is C=C(CC)CC(N)c1cc(Cl)cc(Cl)c1. The predicted molar refractivity (Wildman–Crippen MR) is 67.4 cm³/mol. The molecule has 0 amide bonds. The van der Waals surface area contributed by atoms with Gasteiger partial charge in [0, 0.05) is 16.1 Å². The Morgan fingerprint density at radius 1 is 1.33 bits per heavy atom. The van der Waals surface area contributed by atoms with E-state index < -0.39 is 0 Å². The van der Waals surface area contributed by atoms with Crippen molar-refractivity contribution in [2.75, 3.05) is 0 Å². The normalized spacial score (nSPS) is 12.5. The smallest absolute Gasteiger partial charge is 0.0424 e. The number of hydrogen-bond acceptors (Lipinski definition) is 1. The predicted octanol–water partition coefficient (Wildman–Crippen LogP) is 4.35. The molecule has 0 aliphatic carbocycles. The van der Waals surface area contributed by atoms with Gasteiger partial charge in [-0.1, -0.05) is 42.3 Å². The van der Waals surface area contributed by atoms with E-state index in [0.29, 0.717) is 10.0 Å². The maximum atomic E-state index is 6.03. The van der Waals surface area contributed by atoms with Crippen LogP contribution in [0.5, 0.6) is 0 Å². The van der Waals surface area contributed by atoms with Gasteiger partial charge in [-0.2, -0.15) is 0 Å². The summed E-state index contributed by atoms with van der Waals surface area (Å²) in [5.74, 6) is 0. The maximum Gasteiger partial charge on any atom is 0.0424 e. The summed E-state index contributed by atoms with van der Waals surface area (Å²) in [5, 5.41) is 1.24. The van der Waals surface area contributed by atoms with E-state index >= 15 is 0 Å². The van der Waals surface area contributed by atoms with Gasteiger partial charge < -0.3 is 5.73 Å². The minimum atomic E-state index is -0.0753. The van der Waals surface area contributed by atoms with E-state index in [4.69, 9.17) is 28.9 Å². The number of benzene rings is 1. The van der Waals surface area contributed by atoms with E-state index in [0.717, 1.165) is 24.0 Å². The van der Waals surface area contributed by atoms with Crippen molar-refractivity contribution < 1.29 is 0 Å². The molecule has 2 N–H and O–H groups in total. The van der Waals surface area contributed by atoms with E-state index in [-0.39, 0.29) is 6.04 Å². The summed E-state index contributed by atoms with van der Waals surface area (Å²) in [6.07, 6.45) is 1.72. The summed E-state index contributed by atoms with van der Waals surface area (Å²) in [5.41, 5.74) is 8.13.